The molecule has 3 aromatic rings. The van der Waals surface area contributed by atoms with Crippen molar-refractivity contribution in [2.45, 2.75) is 6.61 Å². The molecule has 2 amide bonds. The Hall–Kier alpha value is -3.45. The number of benzene rings is 2. The molecule has 7 heteroatoms. The molecule has 0 saturated heterocycles. The van der Waals surface area contributed by atoms with Gasteiger partial charge < -0.3 is 20.4 Å². The first-order valence-corrected chi connectivity index (χ1v) is 8.35. The number of carbonyl (C=O) groups is 2. The van der Waals surface area contributed by atoms with Crippen LogP contribution in [0.5, 0.6) is 0 Å². The lowest BCUT2D eigenvalue weighted by molar-refractivity contribution is -0.115. The smallest absolute Gasteiger partial charge is 0.251 e. The number of nitrogens with one attached hydrogen (secondary N) is 3. The summed E-state index contributed by atoms with van der Waals surface area (Å²) in [7, 11) is 1.56. The molecule has 0 aliphatic rings. The van der Waals surface area contributed by atoms with Crippen LogP contribution in [0, 0.1) is 0 Å². The van der Waals surface area contributed by atoms with Gasteiger partial charge in [-0.2, -0.15) is 0 Å². The van der Waals surface area contributed by atoms with Crippen molar-refractivity contribution in [1.82, 2.24) is 10.3 Å². The fraction of sp³-hybridized carbons (Fsp3) is 0.150. The van der Waals surface area contributed by atoms with Crippen LogP contribution in [0.1, 0.15) is 15.9 Å². The maximum absolute atomic E-state index is 12.1. The first kappa shape index (κ1) is 18.3. The van der Waals surface area contributed by atoms with Crippen LogP contribution in [-0.2, 0) is 16.1 Å². The van der Waals surface area contributed by atoms with Crippen LogP contribution < -0.4 is 16.2 Å². The third-order valence-electron chi connectivity index (χ3n) is 3.96. The Morgan fingerprint density at radius 2 is 1.85 bits per heavy atom. The number of ether oxygens (including phenoxy) is 1. The lowest BCUT2D eigenvalue weighted by atomic mass is 10.1. The molecule has 7 nitrogen and oxygen atoms in total. The Balaban J connectivity index is 1.68. The van der Waals surface area contributed by atoms with E-state index in [0.717, 1.165) is 10.9 Å². The molecule has 27 heavy (non-hydrogen) atoms. The van der Waals surface area contributed by atoms with Gasteiger partial charge in [0.2, 0.25) is 11.5 Å². The predicted octanol–water partition coefficient (Wildman–Crippen LogP) is 2.04. The zero-order chi connectivity index (χ0) is 19.2. The lowest BCUT2D eigenvalue weighted by Gasteiger charge is -2.10. The fourth-order valence-corrected chi connectivity index (χ4v) is 2.74. The zero-order valence-electron chi connectivity index (χ0n) is 14.7. The van der Waals surface area contributed by atoms with E-state index in [2.05, 4.69) is 15.6 Å². The maximum Gasteiger partial charge on any atom is 0.251 e. The Kier molecular flexibility index (Phi) is 5.63. The third kappa shape index (κ3) is 4.59. The van der Waals surface area contributed by atoms with Gasteiger partial charge in [0.1, 0.15) is 0 Å². The molecule has 2 aromatic carbocycles. The Labute approximate surface area is 155 Å². The Bertz CT molecular complexity index is 1030. The maximum atomic E-state index is 12.1. The highest BCUT2D eigenvalue weighted by atomic mass is 16.5. The number of hydrogen-bond donors (Lipinski definition) is 3. The van der Waals surface area contributed by atoms with Crippen LogP contribution in [0.2, 0.25) is 0 Å². The summed E-state index contributed by atoms with van der Waals surface area (Å²) in [5.41, 5.74) is 2.13. The molecule has 0 atom stereocenters. The summed E-state index contributed by atoms with van der Waals surface area (Å²) in [6, 6.07) is 15.4. The van der Waals surface area contributed by atoms with E-state index in [-0.39, 0.29) is 23.9 Å². The highest BCUT2D eigenvalue weighted by molar-refractivity contribution is 6.00. The average molecular weight is 365 g/mol. The van der Waals surface area contributed by atoms with Crippen LogP contribution in [0.4, 0.5) is 5.69 Å². The monoisotopic (exact) mass is 365 g/mol. The molecule has 0 radical (unpaired) electrons. The van der Waals surface area contributed by atoms with Crippen LogP contribution in [-0.4, -0.2) is 30.5 Å². The summed E-state index contributed by atoms with van der Waals surface area (Å²) in [5.74, 6) is -0.688. The fourth-order valence-electron chi connectivity index (χ4n) is 2.74. The largest absolute Gasteiger partial charge is 0.380 e. The number of pyridine rings is 1. The van der Waals surface area contributed by atoms with Crippen molar-refractivity contribution >= 4 is 28.4 Å². The molecule has 138 valence electrons. The summed E-state index contributed by atoms with van der Waals surface area (Å²) in [5, 5.41) is 6.11. The lowest BCUT2D eigenvalue weighted by Crippen LogP contribution is -2.32. The number of methoxy groups -OCH3 is 1. The number of amides is 2. The van der Waals surface area contributed by atoms with E-state index in [1.807, 2.05) is 6.07 Å². The minimum absolute atomic E-state index is 0.161. The number of aromatic nitrogens is 1. The van der Waals surface area contributed by atoms with Gasteiger partial charge in [0.25, 0.3) is 5.91 Å². The molecule has 1 aromatic heterocycles. The van der Waals surface area contributed by atoms with E-state index in [1.54, 1.807) is 49.6 Å². The van der Waals surface area contributed by atoms with E-state index in [0.29, 0.717) is 23.4 Å². The number of anilines is 1. The van der Waals surface area contributed by atoms with Crippen molar-refractivity contribution in [2.75, 3.05) is 19.0 Å². The second kappa shape index (κ2) is 8.29. The zero-order valence-corrected chi connectivity index (χ0v) is 14.7. The van der Waals surface area contributed by atoms with Crippen LogP contribution in [0.15, 0.2) is 59.4 Å². The highest BCUT2D eigenvalue weighted by Gasteiger charge is 2.09. The number of aromatic amines is 1. The molecule has 3 N–H and O–H groups in total. The minimum Gasteiger partial charge on any atom is -0.380 e. The summed E-state index contributed by atoms with van der Waals surface area (Å²) >= 11 is 0. The summed E-state index contributed by atoms with van der Waals surface area (Å²) in [4.78, 5) is 38.6. The first-order valence-electron chi connectivity index (χ1n) is 8.35. The molecular weight excluding hydrogens is 346 g/mol. The van der Waals surface area contributed by atoms with Crippen molar-refractivity contribution in [3.8, 4) is 0 Å². The second-order valence-electron chi connectivity index (χ2n) is 5.95. The molecule has 0 saturated carbocycles. The molecular formula is C20H19N3O4. The number of hydrogen-bond acceptors (Lipinski definition) is 4. The van der Waals surface area contributed by atoms with Crippen molar-refractivity contribution in [3.63, 3.8) is 0 Å². The van der Waals surface area contributed by atoms with Crippen LogP contribution in [0.25, 0.3) is 10.9 Å². The normalized spacial score (nSPS) is 10.6. The molecule has 1 heterocycles. The molecule has 0 aliphatic carbocycles. The minimum atomic E-state index is -0.367. The summed E-state index contributed by atoms with van der Waals surface area (Å²) < 4.78 is 5.11. The molecule has 0 unspecified atom stereocenters. The van der Waals surface area contributed by atoms with Crippen molar-refractivity contribution in [3.05, 3.63) is 76.1 Å². The predicted molar refractivity (Wildman–Crippen MR) is 103 cm³/mol. The van der Waals surface area contributed by atoms with E-state index >= 15 is 0 Å². The molecule has 0 fully saturated rings. The van der Waals surface area contributed by atoms with E-state index in [9.17, 15) is 14.4 Å². The number of carbonyl (C=O) groups excluding carboxylic acids is 2. The molecule has 0 aliphatic heterocycles. The van der Waals surface area contributed by atoms with Gasteiger partial charge in [-0.15, -0.1) is 0 Å². The summed E-state index contributed by atoms with van der Waals surface area (Å²) in [6.07, 6.45) is 0. The van der Waals surface area contributed by atoms with Crippen molar-refractivity contribution < 1.29 is 14.3 Å². The van der Waals surface area contributed by atoms with Gasteiger partial charge in [-0.1, -0.05) is 24.3 Å². The molecule has 0 spiro atoms. The third-order valence-corrected chi connectivity index (χ3v) is 3.96. The van der Waals surface area contributed by atoms with Gasteiger partial charge >= 0.3 is 0 Å². The van der Waals surface area contributed by atoms with Crippen molar-refractivity contribution in [1.29, 1.82) is 0 Å². The van der Waals surface area contributed by atoms with Crippen LogP contribution >= 0.6 is 0 Å². The van der Waals surface area contributed by atoms with Gasteiger partial charge in [-0.05, 0) is 29.8 Å². The van der Waals surface area contributed by atoms with Gasteiger partial charge in [0.15, 0.2) is 0 Å². The van der Waals surface area contributed by atoms with E-state index < -0.39 is 0 Å². The second-order valence-corrected chi connectivity index (χ2v) is 5.95. The van der Waals surface area contributed by atoms with Gasteiger partial charge in [0.05, 0.1) is 18.7 Å². The molecule has 3 rings (SSSR count). The SMILES string of the molecule is COCc1cc(=O)[nH]c2cc(NC(=O)CNC(=O)c3ccccc3)ccc12. The van der Waals surface area contributed by atoms with Crippen LogP contribution in [0.3, 0.4) is 0 Å². The Morgan fingerprint density at radius 1 is 1.07 bits per heavy atom. The number of rotatable bonds is 6. The Morgan fingerprint density at radius 3 is 2.59 bits per heavy atom. The van der Waals surface area contributed by atoms with E-state index in [1.165, 1.54) is 6.07 Å². The van der Waals surface area contributed by atoms with Crippen molar-refractivity contribution in [2.24, 2.45) is 0 Å². The average Bonchev–Trinajstić information content (AvgIpc) is 2.66. The van der Waals surface area contributed by atoms with E-state index in [4.69, 9.17) is 4.74 Å². The van der Waals surface area contributed by atoms with Gasteiger partial charge in [-0.3, -0.25) is 14.4 Å². The topological polar surface area (TPSA) is 100 Å². The highest BCUT2D eigenvalue weighted by Crippen LogP contribution is 2.20. The molecule has 0 bridgehead atoms. The number of fused-ring (bicyclic) bond motifs is 1. The standard InChI is InChI=1S/C20H19N3O4/c1-27-12-14-9-18(24)23-17-10-15(7-8-16(14)17)22-19(25)11-21-20(26)13-5-3-2-4-6-13/h2-10H,11-12H2,1H3,(H,21,26)(H,22,25)(H,23,24). The summed E-state index contributed by atoms with van der Waals surface area (Å²) in [6.45, 7) is 0.156. The quantitative estimate of drug-likeness (QED) is 0.622. The first-order chi connectivity index (χ1) is 13.1. The number of H-pyrrole nitrogens is 1. The van der Waals surface area contributed by atoms with Gasteiger partial charge in [-0.25, -0.2) is 0 Å². The van der Waals surface area contributed by atoms with Gasteiger partial charge in [0, 0.05) is 29.8 Å².